The fourth-order valence-corrected chi connectivity index (χ4v) is 3.91. The van der Waals surface area contributed by atoms with Gasteiger partial charge in [0.1, 0.15) is 17.7 Å². The summed E-state index contributed by atoms with van der Waals surface area (Å²) in [6.45, 7) is 6.61. The summed E-state index contributed by atoms with van der Waals surface area (Å²) < 4.78 is 32.9. The van der Waals surface area contributed by atoms with Gasteiger partial charge >= 0.3 is 0 Å². The SMILES string of the molecule is N#CCCCCCN1CCN(CCOC(c2ccc(F)cc2)c2ccc(F)cc2)CC1. The predicted molar refractivity (Wildman–Crippen MR) is 118 cm³/mol. The van der Waals surface area contributed by atoms with Gasteiger partial charge in [0.05, 0.1) is 12.7 Å². The second-order valence-electron chi connectivity index (χ2n) is 8.01. The highest BCUT2D eigenvalue weighted by atomic mass is 19.1. The number of piperazine rings is 1. The van der Waals surface area contributed by atoms with Crippen LogP contribution in [0.2, 0.25) is 0 Å². The summed E-state index contributed by atoms with van der Waals surface area (Å²) in [6.07, 6.45) is 3.58. The number of benzene rings is 2. The van der Waals surface area contributed by atoms with Crippen molar-refractivity contribution in [3.63, 3.8) is 0 Å². The fourth-order valence-electron chi connectivity index (χ4n) is 3.91. The Balaban J connectivity index is 1.45. The zero-order chi connectivity index (χ0) is 21.9. The van der Waals surface area contributed by atoms with Crippen LogP contribution in [-0.4, -0.2) is 55.7 Å². The number of rotatable bonds is 11. The summed E-state index contributed by atoms with van der Waals surface area (Å²) >= 11 is 0. The Labute approximate surface area is 184 Å². The summed E-state index contributed by atoms with van der Waals surface area (Å²) in [6, 6.07) is 14.8. The lowest BCUT2D eigenvalue weighted by Crippen LogP contribution is -2.47. The van der Waals surface area contributed by atoms with E-state index in [-0.39, 0.29) is 17.7 Å². The number of nitrogens with zero attached hydrogens (tertiary/aromatic N) is 3. The van der Waals surface area contributed by atoms with Gasteiger partial charge in [0, 0.05) is 39.1 Å². The van der Waals surface area contributed by atoms with Crippen LogP contribution in [0, 0.1) is 23.0 Å². The molecule has 1 aliphatic heterocycles. The number of hydrogen-bond acceptors (Lipinski definition) is 4. The fraction of sp³-hybridized carbons (Fsp3) is 0.480. The molecule has 0 unspecified atom stereocenters. The summed E-state index contributed by atoms with van der Waals surface area (Å²) in [5.74, 6) is -0.575. The highest BCUT2D eigenvalue weighted by molar-refractivity contribution is 5.30. The molecule has 0 aliphatic carbocycles. The van der Waals surface area contributed by atoms with Gasteiger partial charge in [-0.05, 0) is 54.8 Å². The molecule has 166 valence electrons. The quantitative estimate of drug-likeness (QED) is 0.484. The largest absolute Gasteiger partial charge is 0.367 e. The number of unbranched alkanes of at least 4 members (excludes halogenated alkanes) is 3. The number of nitriles is 1. The van der Waals surface area contributed by atoms with Gasteiger partial charge in [0.2, 0.25) is 0 Å². The Kier molecular flexibility index (Phi) is 9.41. The smallest absolute Gasteiger partial charge is 0.123 e. The van der Waals surface area contributed by atoms with E-state index in [0.717, 1.165) is 69.7 Å². The zero-order valence-corrected chi connectivity index (χ0v) is 18.0. The summed E-state index contributed by atoms with van der Waals surface area (Å²) in [5.41, 5.74) is 1.71. The summed E-state index contributed by atoms with van der Waals surface area (Å²) in [7, 11) is 0. The molecule has 0 bridgehead atoms. The first kappa shape index (κ1) is 23.3. The molecule has 31 heavy (non-hydrogen) atoms. The molecule has 1 fully saturated rings. The number of halogens is 2. The minimum atomic E-state index is -0.351. The van der Waals surface area contributed by atoms with Crippen LogP contribution in [0.3, 0.4) is 0 Å². The Morgan fingerprint density at radius 1 is 0.774 bits per heavy atom. The first-order valence-electron chi connectivity index (χ1n) is 11.1. The van der Waals surface area contributed by atoms with Crippen molar-refractivity contribution in [1.82, 2.24) is 9.80 Å². The van der Waals surface area contributed by atoms with Crippen LogP contribution in [0.4, 0.5) is 8.78 Å². The van der Waals surface area contributed by atoms with Gasteiger partial charge in [-0.1, -0.05) is 30.7 Å². The maximum Gasteiger partial charge on any atom is 0.123 e. The van der Waals surface area contributed by atoms with E-state index in [2.05, 4.69) is 15.9 Å². The molecule has 1 aliphatic rings. The van der Waals surface area contributed by atoms with Gasteiger partial charge in [-0.25, -0.2) is 8.78 Å². The highest BCUT2D eigenvalue weighted by Gasteiger charge is 2.19. The van der Waals surface area contributed by atoms with E-state index in [1.165, 1.54) is 24.3 Å². The van der Waals surface area contributed by atoms with E-state index in [1.54, 1.807) is 24.3 Å². The van der Waals surface area contributed by atoms with E-state index in [1.807, 2.05) is 0 Å². The lowest BCUT2D eigenvalue weighted by Gasteiger charge is -2.35. The molecule has 0 amide bonds. The van der Waals surface area contributed by atoms with Crippen LogP contribution >= 0.6 is 0 Å². The molecule has 4 nitrogen and oxygen atoms in total. The number of ether oxygens (including phenoxy) is 1. The van der Waals surface area contributed by atoms with Crippen molar-refractivity contribution in [2.75, 3.05) is 45.9 Å². The van der Waals surface area contributed by atoms with E-state index in [0.29, 0.717) is 13.0 Å². The zero-order valence-electron chi connectivity index (χ0n) is 18.0. The van der Waals surface area contributed by atoms with Crippen molar-refractivity contribution in [3.05, 3.63) is 71.3 Å². The Morgan fingerprint density at radius 2 is 1.29 bits per heavy atom. The molecule has 0 aromatic heterocycles. The lowest BCUT2D eigenvalue weighted by molar-refractivity contribution is 0.0450. The van der Waals surface area contributed by atoms with Crippen LogP contribution in [-0.2, 0) is 4.74 Å². The third-order valence-corrected chi connectivity index (χ3v) is 5.77. The molecule has 0 spiro atoms. The van der Waals surface area contributed by atoms with Crippen LogP contribution in [0.15, 0.2) is 48.5 Å². The third-order valence-electron chi connectivity index (χ3n) is 5.77. The minimum absolute atomic E-state index is 0.287. The molecular weight excluding hydrogens is 396 g/mol. The minimum Gasteiger partial charge on any atom is -0.367 e. The standard InChI is InChI=1S/C25H31F2N3O/c26-23-9-5-21(6-10-23)25(22-7-11-24(27)12-8-22)31-20-19-30-17-15-29(16-18-30)14-4-2-1-3-13-28/h5-12,25H,1-4,14-20H2. The highest BCUT2D eigenvalue weighted by Crippen LogP contribution is 2.26. The maximum absolute atomic E-state index is 13.4. The lowest BCUT2D eigenvalue weighted by atomic mass is 10.0. The molecule has 2 aromatic carbocycles. The van der Waals surface area contributed by atoms with Crippen molar-refractivity contribution in [2.24, 2.45) is 0 Å². The number of hydrogen-bond donors (Lipinski definition) is 0. The molecule has 0 radical (unpaired) electrons. The van der Waals surface area contributed by atoms with Crippen molar-refractivity contribution >= 4 is 0 Å². The van der Waals surface area contributed by atoms with Crippen LogP contribution in [0.5, 0.6) is 0 Å². The van der Waals surface area contributed by atoms with Crippen LogP contribution < -0.4 is 0 Å². The van der Waals surface area contributed by atoms with Crippen molar-refractivity contribution < 1.29 is 13.5 Å². The normalized spacial score (nSPS) is 15.3. The monoisotopic (exact) mass is 427 g/mol. The second kappa shape index (κ2) is 12.5. The first-order valence-corrected chi connectivity index (χ1v) is 11.1. The first-order chi connectivity index (χ1) is 15.2. The third kappa shape index (κ3) is 7.70. The summed E-state index contributed by atoms with van der Waals surface area (Å²) in [4.78, 5) is 4.89. The molecule has 0 saturated carbocycles. The maximum atomic E-state index is 13.4. The van der Waals surface area contributed by atoms with Gasteiger partial charge in [-0.15, -0.1) is 0 Å². The average Bonchev–Trinajstić information content (AvgIpc) is 2.79. The van der Waals surface area contributed by atoms with Gasteiger partial charge in [-0.2, -0.15) is 5.26 Å². The molecular formula is C25H31F2N3O. The van der Waals surface area contributed by atoms with E-state index in [9.17, 15) is 8.78 Å². The van der Waals surface area contributed by atoms with Gasteiger partial charge in [-0.3, -0.25) is 4.90 Å². The van der Waals surface area contributed by atoms with Crippen molar-refractivity contribution in [2.45, 2.75) is 31.8 Å². The van der Waals surface area contributed by atoms with Crippen molar-refractivity contribution in [1.29, 1.82) is 5.26 Å². The van der Waals surface area contributed by atoms with Gasteiger partial charge < -0.3 is 9.64 Å². The van der Waals surface area contributed by atoms with E-state index in [4.69, 9.17) is 10.00 Å². The Morgan fingerprint density at radius 3 is 1.81 bits per heavy atom. The molecule has 0 atom stereocenters. The predicted octanol–water partition coefficient (Wildman–Crippen LogP) is 4.77. The molecule has 2 aromatic rings. The van der Waals surface area contributed by atoms with Gasteiger partial charge in [0.15, 0.2) is 0 Å². The topological polar surface area (TPSA) is 39.5 Å². The van der Waals surface area contributed by atoms with E-state index < -0.39 is 0 Å². The molecule has 6 heteroatoms. The molecule has 1 saturated heterocycles. The second-order valence-corrected chi connectivity index (χ2v) is 8.01. The summed E-state index contributed by atoms with van der Waals surface area (Å²) in [5, 5.41) is 8.59. The molecule has 1 heterocycles. The van der Waals surface area contributed by atoms with Crippen molar-refractivity contribution in [3.8, 4) is 6.07 Å². The Bertz CT molecular complexity index is 767. The molecule has 0 N–H and O–H groups in total. The average molecular weight is 428 g/mol. The van der Waals surface area contributed by atoms with Crippen LogP contribution in [0.25, 0.3) is 0 Å². The Hall–Kier alpha value is -2.33. The van der Waals surface area contributed by atoms with Gasteiger partial charge in [0.25, 0.3) is 0 Å². The molecule has 3 rings (SSSR count). The van der Waals surface area contributed by atoms with Crippen LogP contribution in [0.1, 0.15) is 42.9 Å². The van der Waals surface area contributed by atoms with E-state index >= 15 is 0 Å².